The van der Waals surface area contributed by atoms with E-state index >= 15 is 0 Å². The zero-order valence-corrected chi connectivity index (χ0v) is 17.8. The van der Waals surface area contributed by atoms with Crippen molar-refractivity contribution < 1.29 is 27.9 Å². The van der Waals surface area contributed by atoms with Crippen molar-refractivity contribution in [3.8, 4) is 0 Å². The SMILES string of the molecule is CCN(CC)CC1CN(C(=O)c2cccc(C)c2)Cc2ccnn21.O=C(O)C(F)(F)F. The van der Waals surface area contributed by atoms with E-state index in [-0.39, 0.29) is 11.9 Å². The van der Waals surface area contributed by atoms with Crippen LogP contribution in [-0.4, -0.2) is 68.9 Å². The summed E-state index contributed by atoms with van der Waals surface area (Å²) < 4.78 is 33.8. The summed E-state index contributed by atoms with van der Waals surface area (Å²) in [7, 11) is 0. The Morgan fingerprint density at radius 2 is 1.87 bits per heavy atom. The molecular formula is C21H27F3N4O3. The normalized spacial score (nSPS) is 15.8. The number of carboxylic acid groups (broad SMARTS) is 1. The molecule has 1 aromatic heterocycles. The number of hydrogen-bond acceptors (Lipinski definition) is 4. The van der Waals surface area contributed by atoms with Crippen molar-refractivity contribution in [3.63, 3.8) is 0 Å². The number of aliphatic carboxylic acids is 1. The second kappa shape index (κ2) is 10.4. The highest BCUT2D eigenvalue weighted by Gasteiger charge is 2.38. The maximum atomic E-state index is 12.9. The molecule has 0 spiro atoms. The number of benzene rings is 1. The average Bonchev–Trinajstić information content (AvgIpc) is 3.20. The minimum absolute atomic E-state index is 0.107. The zero-order valence-electron chi connectivity index (χ0n) is 17.8. The zero-order chi connectivity index (χ0) is 23.2. The first-order valence-electron chi connectivity index (χ1n) is 9.97. The molecule has 1 aliphatic heterocycles. The van der Waals surface area contributed by atoms with Crippen LogP contribution in [0.5, 0.6) is 0 Å². The third kappa shape index (κ3) is 6.55. The molecule has 2 heterocycles. The second-order valence-corrected chi connectivity index (χ2v) is 7.26. The van der Waals surface area contributed by atoms with Gasteiger partial charge in [0, 0.05) is 24.8 Å². The highest BCUT2D eigenvalue weighted by molar-refractivity contribution is 5.94. The molecule has 31 heavy (non-hydrogen) atoms. The number of amides is 1. The Hall–Kier alpha value is -2.88. The molecule has 0 aliphatic carbocycles. The summed E-state index contributed by atoms with van der Waals surface area (Å²) in [5.74, 6) is -2.65. The number of carboxylic acids is 1. The fraction of sp³-hybridized carbons (Fsp3) is 0.476. The summed E-state index contributed by atoms with van der Waals surface area (Å²) in [6.07, 6.45) is -3.24. The molecule has 170 valence electrons. The van der Waals surface area contributed by atoms with Crippen molar-refractivity contribution in [2.75, 3.05) is 26.2 Å². The third-order valence-corrected chi connectivity index (χ3v) is 5.04. The molecule has 1 unspecified atom stereocenters. The van der Waals surface area contributed by atoms with Gasteiger partial charge >= 0.3 is 12.1 Å². The van der Waals surface area contributed by atoms with Crippen LogP contribution in [0, 0.1) is 6.92 Å². The number of hydrogen-bond donors (Lipinski definition) is 1. The highest BCUT2D eigenvalue weighted by atomic mass is 19.4. The van der Waals surface area contributed by atoms with Crippen LogP contribution in [0.3, 0.4) is 0 Å². The molecule has 2 aromatic rings. The third-order valence-electron chi connectivity index (χ3n) is 5.04. The number of carbonyl (C=O) groups excluding carboxylic acids is 1. The monoisotopic (exact) mass is 440 g/mol. The largest absolute Gasteiger partial charge is 0.490 e. The number of alkyl halides is 3. The lowest BCUT2D eigenvalue weighted by atomic mass is 10.1. The van der Waals surface area contributed by atoms with E-state index in [9.17, 15) is 18.0 Å². The van der Waals surface area contributed by atoms with Crippen molar-refractivity contribution in [2.24, 2.45) is 0 Å². The topological polar surface area (TPSA) is 78.7 Å². The number of halogens is 3. The van der Waals surface area contributed by atoms with Crippen LogP contribution in [0.4, 0.5) is 13.2 Å². The van der Waals surface area contributed by atoms with E-state index in [1.54, 1.807) is 0 Å². The summed E-state index contributed by atoms with van der Waals surface area (Å²) in [5, 5.41) is 11.6. The van der Waals surface area contributed by atoms with Crippen LogP contribution < -0.4 is 0 Å². The molecule has 0 fully saturated rings. The number of carbonyl (C=O) groups is 2. The fourth-order valence-corrected chi connectivity index (χ4v) is 3.42. The van der Waals surface area contributed by atoms with Crippen LogP contribution in [-0.2, 0) is 11.3 Å². The fourth-order valence-electron chi connectivity index (χ4n) is 3.42. The average molecular weight is 440 g/mol. The first-order valence-corrected chi connectivity index (χ1v) is 9.97. The van der Waals surface area contributed by atoms with Gasteiger partial charge in [-0.3, -0.25) is 9.48 Å². The highest BCUT2D eigenvalue weighted by Crippen LogP contribution is 2.23. The standard InChI is InChI=1S/C19H26N4O.C2HF3O2/c1-4-21(5-2)12-18-14-22(13-17-9-10-20-23(17)18)19(24)16-8-6-7-15(3)11-16;3-2(4,5)1(6)7/h6-11,18H,4-5,12-14H2,1-3H3;(H,6,7). The van der Waals surface area contributed by atoms with Crippen LogP contribution >= 0.6 is 0 Å². The van der Waals surface area contributed by atoms with Gasteiger partial charge in [-0.1, -0.05) is 31.5 Å². The van der Waals surface area contributed by atoms with E-state index < -0.39 is 12.1 Å². The Morgan fingerprint density at radius 3 is 2.42 bits per heavy atom. The van der Waals surface area contributed by atoms with Gasteiger partial charge in [-0.05, 0) is 38.2 Å². The van der Waals surface area contributed by atoms with E-state index in [1.807, 2.05) is 48.4 Å². The summed E-state index contributed by atoms with van der Waals surface area (Å²) in [6, 6.07) is 10.1. The first-order chi connectivity index (χ1) is 14.6. The minimum atomic E-state index is -5.08. The van der Waals surface area contributed by atoms with Crippen molar-refractivity contribution in [1.82, 2.24) is 19.6 Å². The van der Waals surface area contributed by atoms with Gasteiger partial charge in [0.05, 0.1) is 18.3 Å². The summed E-state index contributed by atoms with van der Waals surface area (Å²) in [4.78, 5) is 26.2. The quantitative estimate of drug-likeness (QED) is 0.772. The van der Waals surface area contributed by atoms with Crippen LogP contribution in [0.25, 0.3) is 0 Å². The molecule has 0 saturated carbocycles. The van der Waals surface area contributed by atoms with Crippen LogP contribution in [0.1, 0.15) is 41.5 Å². The lowest BCUT2D eigenvalue weighted by Gasteiger charge is -2.36. The molecule has 10 heteroatoms. The van der Waals surface area contributed by atoms with Crippen molar-refractivity contribution in [1.29, 1.82) is 0 Å². The van der Waals surface area contributed by atoms with Gasteiger partial charge in [0.2, 0.25) is 0 Å². The molecule has 1 atom stereocenters. The number of aryl methyl sites for hydroxylation is 1. The molecule has 0 saturated heterocycles. The predicted octanol–water partition coefficient (Wildman–Crippen LogP) is 3.36. The van der Waals surface area contributed by atoms with Gasteiger partial charge in [-0.15, -0.1) is 0 Å². The van der Waals surface area contributed by atoms with E-state index in [0.29, 0.717) is 13.1 Å². The number of fused-ring (bicyclic) bond motifs is 1. The number of aromatic nitrogens is 2. The predicted molar refractivity (Wildman–Crippen MR) is 109 cm³/mol. The van der Waals surface area contributed by atoms with E-state index in [4.69, 9.17) is 9.90 Å². The van der Waals surface area contributed by atoms with Gasteiger partial charge in [-0.25, -0.2) is 4.79 Å². The van der Waals surface area contributed by atoms with Crippen LogP contribution in [0.2, 0.25) is 0 Å². The second-order valence-electron chi connectivity index (χ2n) is 7.26. The Balaban J connectivity index is 0.000000423. The van der Waals surface area contributed by atoms with Gasteiger partial charge in [-0.2, -0.15) is 18.3 Å². The smallest absolute Gasteiger partial charge is 0.475 e. The number of likely N-dealkylation sites (N-methyl/N-ethyl adjacent to an activating group) is 1. The van der Waals surface area contributed by atoms with Gasteiger partial charge in [0.1, 0.15) is 0 Å². The molecule has 1 aromatic carbocycles. The summed E-state index contributed by atoms with van der Waals surface area (Å²) in [6.45, 7) is 10.6. The lowest BCUT2D eigenvalue weighted by Crippen LogP contribution is -2.45. The maximum absolute atomic E-state index is 12.9. The molecule has 1 aliphatic rings. The van der Waals surface area contributed by atoms with Crippen LogP contribution in [0.15, 0.2) is 36.5 Å². The number of nitrogens with zero attached hydrogens (tertiary/aromatic N) is 4. The van der Waals surface area contributed by atoms with Crippen molar-refractivity contribution in [3.05, 3.63) is 53.3 Å². The molecular weight excluding hydrogens is 413 g/mol. The van der Waals surface area contributed by atoms with Gasteiger partial charge < -0.3 is 14.9 Å². The summed E-state index contributed by atoms with van der Waals surface area (Å²) in [5.41, 5.74) is 2.99. The summed E-state index contributed by atoms with van der Waals surface area (Å²) >= 11 is 0. The Bertz CT molecular complexity index is 894. The van der Waals surface area contributed by atoms with E-state index in [0.717, 1.165) is 36.5 Å². The Labute approximate surface area is 179 Å². The molecule has 0 radical (unpaired) electrons. The van der Waals surface area contributed by atoms with Gasteiger partial charge in [0.15, 0.2) is 0 Å². The number of rotatable bonds is 5. The molecule has 1 amide bonds. The molecule has 0 bridgehead atoms. The first kappa shape index (κ1) is 24.4. The van der Waals surface area contributed by atoms with Crippen molar-refractivity contribution >= 4 is 11.9 Å². The minimum Gasteiger partial charge on any atom is -0.475 e. The lowest BCUT2D eigenvalue weighted by molar-refractivity contribution is -0.192. The van der Waals surface area contributed by atoms with Gasteiger partial charge in [0.25, 0.3) is 5.91 Å². The maximum Gasteiger partial charge on any atom is 0.490 e. The Morgan fingerprint density at radius 1 is 1.23 bits per heavy atom. The molecule has 1 N–H and O–H groups in total. The van der Waals surface area contributed by atoms with Crippen molar-refractivity contribution in [2.45, 2.75) is 39.5 Å². The van der Waals surface area contributed by atoms with E-state index in [2.05, 4.69) is 28.5 Å². The Kier molecular flexibility index (Phi) is 8.21. The van der Waals surface area contributed by atoms with E-state index in [1.165, 1.54) is 0 Å². The molecule has 3 rings (SSSR count). The molecule has 7 nitrogen and oxygen atoms in total.